The first-order valence-electron chi connectivity index (χ1n) is 8.22. The normalized spacial score (nSPS) is 28.9. The van der Waals surface area contributed by atoms with Crippen molar-refractivity contribution in [2.45, 2.75) is 31.7 Å². The third kappa shape index (κ3) is 2.65. The molecule has 2 saturated carbocycles. The maximum atomic E-state index is 5.66. The lowest BCUT2D eigenvalue weighted by Gasteiger charge is -2.25. The maximum Gasteiger partial charge on any atom is 0.125 e. The van der Waals surface area contributed by atoms with Crippen molar-refractivity contribution in [3.63, 3.8) is 0 Å². The highest BCUT2D eigenvalue weighted by Crippen LogP contribution is 2.48. The number of hydrogen-bond acceptors (Lipinski definition) is 2. The fourth-order valence-electron chi connectivity index (χ4n) is 4.38. The van der Waals surface area contributed by atoms with Crippen LogP contribution < -0.4 is 5.32 Å². The van der Waals surface area contributed by atoms with Crippen LogP contribution in [0.3, 0.4) is 0 Å². The molecule has 0 radical (unpaired) electrons. The van der Waals surface area contributed by atoms with Crippen LogP contribution in [-0.4, -0.2) is 6.54 Å². The molecule has 2 aliphatic rings. The molecule has 1 heterocycles. The van der Waals surface area contributed by atoms with Crippen LogP contribution in [0.5, 0.6) is 0 Å². The molecule has 4 unspecified atom stereocenters. The Balaban J connectivity index is 1.48. The first-order chi connectivity index (χ1) is 10.4. The average molecular weight is 281 g/mol. The number of furan rings is 1. The summed E-state index contributed by atoms with van der Waals surface area (Å²) in [5.74, 6) is 3.87. The molecule has 4 rings (SSSR count). The Hall–Kier alpha value is -1.54. The Morgan fingerprint density at radius 2 is 1.95 bits per heavy atom. The van der Waals surface area contributed by atoms with Gasteiger partial charge in [0.05, 0.1) is 12.3 Å². The molecule has 2 fully saturated rings. The summed E-state index contributed by atoms with van der Waals surface area (Å²) < 4.78 is 5.66. The van der Waals surface area contributed by atoms with Crippen molar-refractivity contribution in [1.29, 1.82) is 0 Å². The molecule has 2 aromatic rings. The molecule has 0 spiro atoms. The summed E-state index contributed by atoms with van der Waals surface area (Å²) in [5, 5.41) is 3.77. The Morgan fingerprint density at radius 3 is 2.62 bits per heavy atom. The van der Waals surface area contributed by atoms with Crippen molar-refractivity contribution in [3.8, 4) is 0 Å². The van der Waals surface area contributed by atoms with E-state index in [9.17, 15) is 0 Å². The average Bonchev–Trinajstić information content (AvgIpc) is 3.26. The molecule has 2 nitrogen and oxygen atoms in total. The van der Waals surface area contributed by atoms with Crippen LogP contribution in [-0.2, 0) is 0 Å². The van der Waals surface area contributed by atoms with Crippen molar-refractivity contribution in [2.24, 2.45) is 17.8 Å². The molecule has 4 atom stereocenters. The van der Waals surface area contributed by atoms with Crippen LogP contribution >= 0.6 is 0 Å². The van der Waals surface area contributed by atoms with E-state index in [1.54, 1.807) is 6.26 Å². The lowest BCUT2D eigenvalue weighted by Crippen LogP contribution is -2.30. The second kappa shape index (κ2) is 5.69. The van der Waals surface area contributed by atoms with Crippen LogP contribution in [0.15, 0.2) is 53.1 Å². The quantitative estimate of drug-likeness (QED) is 0.879. The zero-order valence-electron chi connectivity index (χ0n) is 12.4. The molecule has 1 aromatic carbocycles. The van der Waals surface area contributed by atoms with Crippen molar-refractivity contribution < 1.29 is 4.42 Å². The first kappa shape index (κ1) is 13.1. The van der Waals surface area contributed by atoms with Gasteiger partial charge in [0.25, 0.3) is 0 Å². The summed E-state index contributed by atoms with van der Waals surface area (Å²) in [6.45, 7) is 1.11. The van der Waals surface area contributed by atoms with Crippen LogP contribution in [0.4, 0.5) is 0 Å². The van der Waals surface area contributed by atoms with Crippen LogP contribution in [0.25, 0.3) is 0 Å². The van der Waals surface area contributed by atoms with Crippen molar-refractivity contribution in [3.05, 3.63) is 60.1 Å². The molecule has 0 aliphatic heterocycles. The molecule has 110 valence electrons. The number of benzene rings is 1. The summed E-state index contributed by atoms with van der Waals surface area (Å²) in [6.07, 6.45) is 7.60. The maximum absolute atomic E-state index is 5.66. The van der Waals surface area contributed by atoms with Crippen LogP contribution in [0, 0.1) is 17.8 Å². The van der Waals surface area contributed by atoms with Gasteiger partial charge in [0.15, 0.2) is 0 Å². The van der Waals surface area contributed by atoms with Gasteiger partial charge in [0.2, 0.25) is 0 Å². The third-order valence-electron chi connectivity index (χ3n) is 5.43. The fraction of sp³-hybridized carbons (Fsp3) is 0.474. The standard InChI is InChI=1S/C19H23NO/c1-2-5-15(6-3-1)19(18-7-4-10-21-18)20-13-17-12-14-8-9-16(17)11-14/h1-7,10,14,16-17,19-20H,8-9,11-13H2. The van der Waals surface area contributed by atoms with Gasteiger partial charge in [-0.05, 0) is 61.3 Å². The van der Waals surface area contributed by atoms with Gasteiger partial charge in [-0.25, -0.2) is 0 Å². The number of hydrogen-bond donors (Lipinski definition) is 1. The Kier molecular flexibility index (Phi) is 3.56. The Labute approximate surface area is 126 Å². The van der Waals surface area contributed by atoms with E-state index in [4.69, 9.17) is 4.42 Å². The van der Waals surface area contributed by atoms with Gasteiger partial charge < -0.3 is 9.73 Å². The highest BCUT2D eigenvalue weighted by Gasteiger charge is 2.39. The monoisotopic (exact) mass is 281 g/mol. The van der Waals surface area contributed by atoms with Gasteiger partial charge in [0, 0.05) is 0 Å². The minimum absolute atomic E-state index is 0.181. The Morgan fingerprint density at radius 1 is 1.05 bits per heavy atom. The summed E-state index contributed by atoms with van der Waals surface area (Å²) >= 11 is 0. The summed E-state index contributed by atoms with van der Waals surface area (Å²) in [5.41, 5.74) is 1.29. The molecular weight excluding hydrogens is 258 g/mol. The van der Waals surface area contributed by atoms with Gasteiger partial charge in [-0.3, -0.25) is 0 Å². The third-order valence-corrected chi connectivity index (χ3v) is 5.43. The van der Waals surface area contributed by atoms with E-state index in [-0.39, 0.29) is 6.04 Å². The van der Waals surface area contributed by atoms with Crippen LogP contribution in [0.2, 0.25) is 0 Å². The molecular formula is C19H23NO. The highest BCUT2D eigenvalue weighted by molar-refractivity contribution is 5.26. The Bertz CT molecular complexity index is 563. The second-order valence-electron chi connectivity index (χ2n) is 6.70. The molecule has 1 aromatic heterocycles. The first-order valence-corrected chi connectivity index (χ1v) is 8.22. The fourth-order valence-corrected chi connectivity index (χ4v) is 4.38. The SMILES string of the molecule is c1ccc(C(NCC2CC3CCC2C3)c2ccco2)cc1. The van der Waals surface area contributed by atoms with Crippen molar-refractivity contribution >= 4 is 0 Å². The predicted molar refractivity (Wildman–Crippen MR) is 83.9 cm³/mol. The van der Waals surface area contributed by atoms with E-state index < -0.39 is 0 Å². The van der Waals surface area contributed by atoms with E-state index in [0.717, 1.165) is 30.1 Å². The molecule has 0 amide bonds. The number of fused-ring (bicyclic) bond motifs is 2. The van der Waals surface area contributed by atoms with Gasteiger partial charge in [-0.15, -0.1) is 0 Å². The largest absolute Gasteiger partial charge is 0.467 e. The van der Waals surface area contributed by atoms with E-state index >= 15 is 0 Å². The topological polar surface area (TPSA) is 25.2 Å². The highest BCUT2D eigenvalue weighted by atomic mass is 16.3. The van der Waals surface area contributed by atoms with Gasteiger partial charge >= 0.3 is 0 Å². The summed E-state index contributed by atoms with van der Waals surface area (Å²) in [7, 11) is 0. The minimum atomic E-state index is 0.181. The predicted octanol–water partition coefficient (Wildman–Crippen LogP) is 4.39. The molecule has 21 heavy (non-hydrogen) atoms. The van der Waals surface area contributed by atoms with E-state index in [2.05, 4.69) is 41.7 Å². The van der Waals surface area contributed by atoms with Gasteiger partial charge in [-0.2, -0.15) is 0 Å². The van der Waals surface area contributed by atoms with Crippen molar-refractivity contribution in [1.82, 2.24) is 5.32 Å². The second-order valence-corrected chi connectivity index (χ2v) is 6.70. The zero-order chi connectivity index (χ0) is 14.1. The summed E-state index contributed by atoms with van der Waals surface area (Å²) in [6, 6.07) is 14.9. The molecule has 1 N–H and O–H groups in total. The van der Waals surface area contributed by atoms with Gasteiger partial charge in [-0.1, -0.05) is 36.8 Å². The molecule has 0 saturated heterocycles. The molecule has 2 heteroatoms. The zero-order valence-corrected chi connectivity index (χ0v) is 12.4. The van der Waals surface area contributed by atoms with E-state index in [0.29, 0.717) is 0 Å². The van der Waals surface area contributed by atoms with Gasteiger partial charge in [0.1, 0.15) is 5.76 Å². The minimum Gasteiger partial charge on any atom is -0.467 e. The summed E-state index contributed by atoms with van der Waals surface area (Å²) in [4.78, 5) is 0. The lowest BCUT2D eigenvalue weighted by molar-refractivity contribution is 0.305. The smallest absolute Gasteiger partial charge is 0.125 e. The molecule has 2 bridgehead atoms. The van der Waals surface area contributed by atoms with Crippen molar-refractivity contribution in [2.75, 3.05) is 6.54 Å². The molecule has 2 aliphatic carbocycles. The number of nitrogens with one attached hydrogen (secondary N) is 1. The van der Waals surface area contributed by atoms with Crippen LogP contribution in [0.1, 0.15) is 43.0 Å². The van der Waals surface area contributed by atoms with E-state index in [1.165, 1.54) is 31.2 Å². The lowest BCUT2D eigenvalue weighted by atomic mass is 9.88. The number of rotatable bonds is 5. The van der Waals surface area contributed by atoms with E-state index in [1.807, 2.05) is 6.07 Å².